The molecule has 2 fully saturated rings. The first-order valence-electron chi connectivity index (χ1n) is 8.27. The molecule has 0 spiro atoms. The molecule has 4 nitrogen and oxygen atoms in total. The van der Waals surface area contributed by atoms with E-state index in [9.17, 15) is 18.0 Å². The Morgan fingerprint density at radius 2 is 2.00 bits per heavy atom. The second-order valence-corrected chi connectivity index (χ2v) is 7.46. The van der Waals surface area contributed by atoms with Crippen LogP contribution in [0, 0.1) is 0 Å². The quantitative estimate of drug-likeness (QED) is 0.880. The van der Waals surface area contributed by atoms with Crippen molar-refractivity contribution in [3.63, 3.8) is 0 Å². The SMILES string of the molecule is O=C(NCC1(N2CCOCC2)CCSC1)c1ccccc1C(F)(F)F. The number of carbonyl (C=O) groups excluding carboxylic acids is 1. The first-order valence-corrected chi connectivity index (χ1v) is 9.43. The van der Waals surface area contributed by atoms with Crippen molar-refractivity contribution >= 4 is 17.7 Å². The summed E-state index contributed by atoms with van der Waals surface area (Å²) in [6, 6.07) is 4.91. The number of ether oxygens (including phenoxy) is 1. The van der Waals surface area contributed by atoms with Gasteiger partial charge in [-0.05, 0) is 24.3 Å². The van der Waals surface area contributed by atoms with E-state index >= 15 is 0 Å². The number of halogens is 3. The van der Waals surface area contributed by atoms with E-state index in [1.54, 1.807) is 0 Å². The Balaban J connectivity index is 1.73. The van der Waals surface area contributed by atoms with Crippen molar-refractivity contribution in [2.24, 2.45) is 0 Å². The average Bonchev–Trinajstić information content (AvgIpc) is 3.10. The zero-order valence-electron chi connectivity index (χ0n) is 13.8. The molecule has 0 bridgehead atoms. The second kappa shape index (κ2) is 7.55. The summed E-state index contributed by atoms with van der Waals surface area (Å²) < 4.78 is 44.7. The maximum Gasteiger partial charge on any atom is 0.417 e. The van der Waals surface area contributed by atoms with E-state index in [-0.39, 0.29) is 11.1 Å². The fourth-order valence-corrected chi connectivity index (χ4v) is 4.88. The second-order valence-electron chi connectivity index (χ2n) is 6.35. The molecule has 0 aliphatic carbocycles. The molecule has 2 aliphatic heterocycles. The lowest BCUT2D eigenvalue weighted by molar-refractivity contribution is -0.137. The van der Waals surface area contributed by atoms with E-state index < -0.39 is 17.6 Å². The summed E-state index contributed by atoms with van der Waals surface area (Å²) in [5.74, 6) is 1.19. The predicted octanol–water partition coefficient (Wildman–Crippen LogP) is 2.64. The number of carbonyl (C=O) groups is 1. The van der Waals surface area contributed by atoms with Gasteiger partial charge in [-0.15, -0.1) is 0 Å². The van der Waals surface area contributed by atoms with Gasteiger partial charge in [-0.25, -0.2) is 0 Å². The van der Waals surface area contributed by atoms with E-state index in [2.05, 4.69) is 10.2 Å². The zero-order valence-corrected chi connectivity index (χ0v) is 14.6. The highest BCUT2D eigenvalue weighted by Crippen LogP contribution is 2.34. The van der Waals surface area contributed by atoms with E-state index in [1.165, 1.54) is 18.2 Å². The van der Waals surface area contributed by atoms with Gasteiger partial charge in [-0.2, -0.15) is 24.9 Å². The molecule has 3 rings (SSSR count). The van der Waals surface area contributed by atoms with Crippen LogP contribution in [0.2, 0.25) is 0 Å². The van der Waals surface area contributed by atoms with Gasteiger partial charge in [-0.3, -0.25) is 9.69 Å². The molecule has 1 atom stereocenters. The number of hydrogen-bond acceptors (Lipinski definition) is 4. The number of nitrogens with zero attached hydrogens (tertiary/aromatic N) is 1. The van der Waals surface area contributed by atoms with Gasteiger partial charge < -0.3 is 10.1 Å². The minimum Gasteiger partial charge on any atom is -0.379 e. The van der Waals surface area contributed by atoms with Gasteiger partial charge in [0.2, 0.25) is 0 Å². The van der Waals surface area contributed by atoms with Crippen LogP contribution in [-0.2, 0) is 10.9 Å². The highest BCUT2D eigenvalue weighted by atomic mass is 32.2. The molecule has 0 radical (unpaired) electrons. The van der Waals surface area contributed by atoms with Gasteiger partial charge >= 0.3 is 6.18 Å². The topological polar surface area (TPSA) is 41.6 Å². The Bertz CT molecular complexity index is 612. The number of amides is 1. The van der Waals surface area contributed by atoms with Crippen LogP contribution in [0.4, 0.5) is 13.2 Å². The first kappa shape index (κ1) is 18.5. The molecule has 2 aliphatic rings. The molecule has 25 heavy (non-hydrogen) atoms. The third-order valence-electron chi connectivity index (χ3n) is 4.82. The highest BCUT2D eigenvalue weighted by Gasteiger charge is 2.41. The summed E-state index contributed by atoms with van der Waals surface area (Å²) in [5, 5.41) is 2.76. The highest BCUT2D eigenvalue weighted by molar-refractivity contribution is 7.99. The smallest absolute Gasteiger partial charge is 0.379 e. The molecule has 0 saturated carbocycles. The minimum atomic E-state index is -4.54. The molecular formula is C17H21F3N2O2S. The van der Waals surface area contributed by atoms with Crippen LogP contribution in [0.3, 0.4) is 0 Å². The van der Waals surface area contributed by atoms with Crippen LogP contribution in [-0.4, -0.2) is 60.7 Å². The third kappa shape index (κ3) is 4.12. The van der Waals surface area contributed by atoms with Gasteiger partial charge in [0.25, 0.3) is 5.91 Å². The van der Waals surface area contributed by atoms with Crippen molar-refractivity contribution in [2.75, 3.05) is 44.4 Å². The number of rotatable bonds is 4. The van der Waals surface area contributed by atoms with E-state index in [1.807, 2.05) is 11.8 Å². The molecule has 8 heteroatoms. The van der Waals surface area contributed by atoms with Gasteiger partial charge in [-0.1, -0.05) is 12.1 Å². The summed E-state index contributed by atoms with van der Waals surface area (Å²) in [4.78, 5) is 14.7. The van der Waals surface area contributed by atoms with Crippen molar-refractivity contribution in [1.29, 1.82) is 0 Å². The fraction of sp³-hybridized carbons (Fsp3) is 0.588. The molecule has 1 aromatic rings. The molecular weight excluding hydrogens is 353 g/mol. The zero-order chi connectivity index (χ0) is 17.9. The largest absolute Gasteiger partial charge is 0.417 e. The van der Waals surface area contributed by atoms with Crippen molar-refractivity contribution in [3.8, 4) is 0 Å². The van der Waals surface area contributed by atoms with Gasteiger partial charge in [0.1, 0.15) is 0 Å². The summed E-state index contributed by atoms with van der Waals surface area (Å²) >= 11 is 1.82. The van der Waals surface area contributed by atoms with E-state index in [0.717, 1.165) is 37.1 Å². The fourth-order valence-electron chi connectivity index (χ4n) is 3.40. The molecule has 1 aromatic carbocycles. The van der Waals surface area contributed by atoms with Crippen LogP contribution in [0.15, 0.2) is 24.3 Å². The molecule has 138 valence electrons. The molecule has 0 aromatic heterocycles. The van der Waals surface area contributed by atoms with Gasteiger partial charge in [0, 0.05) is 30.9 Å². The minimum absolute atomic E-state index is 0.197. The van der Waals surface area contributed by atoms with Crippen molar-refractivity contribution < 1.29 is 22.7 Å². The van der Waals surface area contributed by atoms with Gasteiger partial charge in [0.05, 0.1) is 24.3 Å². The standard InChI is InChI=1S/C17H21F3N2O2S/c18-17(19,20)14-4-2-1-3-13(14)15(23)21-11-16(5-10-25-12-16)22-6-8-24-9-7-22/h1-4H,5-12H2,(H,21,23). The van der Waals surface area contributed by atoms with E-state index in [4.69, 9.17) is 4.74 Å². The number of morpholine rings is 1. The molecule has 2 saturated heterocycles. The van der Waals surface area contributed by atoms with Crippen molar-refractivity contribution in [3.05, 3.63) is 35.4 Å². The summed E-state index contributed by atoms with van der Waals surface area (Å²) in [7, 11) is 0. The van der Waals surface area contributed by atoms with Crippen LogP contribution in [0.5, 0.6) is 0 Å². The summed E-state index contributed by atoms with van der Waals surface area (Å²) in [5.41, 5.74) is -1.41. The monoisotopic (exact) mass is 374 g/mol. The molecule has 1 unspecified atom stereocenters. The summed E-state index contributed by atoms with van der Waals surface area (Å²) in [6.45, 7) is 3.23. The number of alkyl halides is 3. The lowest BCUT2D eigenvalue weighted by Gasteiger charge is -2.43. The Morgan fingerprint density at radius 1 is 1.28 bits per heavy atom. The Labute approximate surface area is 149 Å². The number of benzene rings is 1. The first-order chi connectivity index (χ1) is 11.9. The van der Waals surface area contributed by atoms with Crippen LogP contribution in [0.1, 0.15) is 22.3 Å². The Hall–Kier alpha value is -1.25. The molecule has 1 amide bonds. The van der Waals surface area contributed by atoms with Gasteiger partial charge in [0.15, 0.2) is 0 Å². The summed E-state index contributed by atoms with van der Waals surface area (Å²) in [6.07, 6.45) is -3.63. The van der Waals surface area contributed by atoms with Crippen LogP contribution < -0.4 is 5.32 Å². The molecule has 1 N–H and O–H groups in total. The number of thioether (sulfide) groups is 1. The maximum absolute atomic E-state index is 13.1. The lowest BCUT2D eigenvalue weighted by atomic mass is 9.95. The van der Waals surface area contributed by atoms with Crippen molar-refractivity contribution in [2.45, 2.75) is 18.1 Å². The molecule has 2 heterocycles. The number of hydrogen-bond donors (Lipinski definition) is 1. The Morgan fingerprint density at radius 3 is 2.64 bits per heavy atom. The number of nitrogens with one attached hydrogen (secondary N) is 1. The van der Waals surface area contributed by atoms with E-state index in [0.29, 0.717) is 19.8 Å². The average molecular weight is 374 g/mol. The van der Waals surface area contributed by atoms with Crippen molar-refractivity contribution in [1.82, 2.24) is 10.2 Å². The van der Waals surface area contributed by atoms with Crippen LogP contribution >= 0.6 is 11.8 Å². The lowest BCUT2D eigenvalue weighted by Crippen LogP contribution is -2.59. The van der Waals surface area contributed by atoms with Crippen LogP contribution in [0.25, 0.3) is 0 Å². The third-order valence-corrected chi connectivity index (χ3v) is 6.05. The Kier molecular flexibility index (Phi) is 5.60. The maximum atomic E-state index is 13.1. The predicted molar refractivity (Wildman–Crippen MR) is 90.8 cm³/mol. The normalized spacial score (nSPS) is 25.1.